The average molecular weight is 302 g/mol. The van der Waals surface area contributed by atoms with E-state index < -0.39 is 11.5 Å². The monoisotopic (exact) mass is 302 g/mol. The summed E-state index contributed by atoms with van der Waals surface area (Å²) in [6, 6.07) is 8.26. The van der Waals surface area contributed by atoms with E-state index in [1.807, 2.05) is 26.0 Å². The highest BCUT2D eigenvalue weighted by atomic mass is 16.5. The Hall–Kier alpha value is -2.63. The van der Waals surface area contributed by atoms with Crippen LogP contribution in [0.1, 0.15) is 35.8 Å². The molecule has 0 unspecified atom stereocenters. The molecule has 0 bridgehead atoms. The Kier molecular flexibility index (Phi) is 4.93. The molecular formula is C16H18N2O4. The number of aromatic carboxylic acids is 1. The lowest BCUT2D eigenvalue weighted by Crippen LogP contribution is -2.24. The van der Waals surface area contributed by atoms with Crippen molar-refractivity contribution in [3.8, 4) is 11.4 Å². The van der Waals surface area contributed by atoms with Crippen molar-refractivity contribution in [1.29, 1.82) is 0 Å². The van der Waals surface area contributed by atoms with Crippen LogP contribution in [-0.4, -0.2) is 27.5 Å². The van der Waals surface area contributed by atoms with Gasteiger partial charge in [-0.2, -0.15) is 9.78 Å². The maximum atomic E-state index is 12.2. The maximum absolute atomic E-state index is 12.2. The molecular weight excluding hydrogens is 284 g/mol. The largest absolute Gasteiger partial charge is 0.491 e. The quantitative estimate of drug-likeness (QED) is 0.829. The second kappa shape index (κ2) is 6.89. The van der Waals surface area contributed by atoms with Crippen LogP contribution in [-0.2, 0) is 0 Å². The minimum Gasteiger partial charge on any atom is -0.491 e. The first-order chi connectivity index (χ1) is 10.5. The second-order valence-electron chi connectivity index (χ2n) is 4.95. The van der Waals surface area contributed by atoms with Gasteiger partial charge in [0.05, 0.1) is 18.4 Å². The Balaban J connectivity index is 2.45. The number of carboxylic acids is 1. The van der Waals surface area contributed by atoms with E-state index in [9.17, 15) is 14.7 Å². The van der Waals surface area contributed by atoms with Gasteiger partial charge in [0, 0.05) is 0 Å². The topological polar surface area (TPSA) is 81.4 Å². The zero-order valence-corrected chi connectivity index (χ0v) is 12.6. The van der Waals surface area contributed by atoms with Crippen LogP contribution in [0.25, 0.3) is 5.69 Å². The average Bonchev–Trinajstić information content (AvgIpc) is 2.48. The molecule has 0 radical (unpaired) electrons. The highest BCUT2D eigenvalue weighted by molar-refractivity contribution is 5.88. The number of hydrogen-bond donors (Lipinski definition) is 1. The lowest BCUT2D eigenvalue weighted by molar-refractivity contribution is 0.0682. The van der Waals surface area contributed by atoms with Crippen molar-refractivity contribution in [2.24, 2.45) is 0 Å². The van der Waals surface area contributed by atoms with E-state index in [-0.39, 0.29) is 11.4 Å². The first-order valence-electron chi connectivity index (χ1n) is 7.10. The van der Waals surface area contributed by atoms with Gasteiger partial charge in [-0.3, -0.25) is 4.79 Å². The van der Waals surface area contributed by atoms with Gasteiger partial charge in [-0.1, -0.05) is 31.0 Å². The number of carbonyl (C=O) groups is 1. The molecule has 0 saturated heterocycles. The molecule has 1 heterocycles. The van der Waals surface area contributed by atoms with Gasteiger partial charge in [0.1, 0.15) is 0 Å². The van der Waals surface area contributed by atoms with Crippen LogP contribution in [0.2, 0.25) is 0 Å². The molecule has 0 aliphatic heterocycles. The Morgan fingerprint density at radius 2 is 2.00 bits per heavy atom. The third-order valence-corrected chi connectivity index (χ3v) is 3.13. The zero-order chi connectivity index (χ0) is 16.1. The Bertz CT molecular complexity index is 720. The molecule has 1 aromatic carbocycles. The second-order valence-corrected chi connectivity index (χ2v) is 4.95. The highest BCUT2D eigenvalue weighted by Gasteiger charge is 2.17. The van der Waals surface area contributed by atoms with Crippen LogP contribution in [0, 0.1) is 6.92 Å². The fourth-order valence-electron chi connectivity index (χ4n) is 1.90. The summed E-state index contributed by atoms with van der Waals surface area (Å²) in [4.78, 5) is 23.5. The van der Waals surface area contributed by atoms with E-state index >= 15 is 0 Å². The third kappa shape index (κ3) is 3.52. The van der Waals surface area contributed by atoms with E-state index in [0.29, 0.717) is 12.3 Å². The van der Waals surface area contributed by atoms with Gasteiger partial charge in [-0.05, 0) is 25.5 Å². The summed E-state index contributed by atoms with van der Waals surface area (Å²) in [5.74, 6) is -1.22. The van der Waals surface area contributed by atoms with Gasteiger partial charge < -0.3 is 9.84 Å². The molecule has 0 fully saturated rings. The minimum absolute atomic E-state index is 0.00862. The van der Waals surface area contributed by atoms with Crippen LogP contribution < -0.4 is 10.3 Å². The molecule has 6 nitrogen and oxygen atoms in total. The van der Waals surface area contributed by atoms with E-state index in [2.05, 4.69) is 5.10 Å². The molecule has 1 aromatic heterocycles. The molecule has 2 aromatic rings. The number of nitrogens with zero attached hydrogens (tertiary/aromatic N) is 2. The zero-order valence-electron chi connectivity index (χ0n) is 12.6. The lowest BCUT2D eigenvalue weighted by Gasteiger charge is -2.10. The van der Waals surface area contributed by atoms with Crippen LogP contribution in [0.15, 0.2) is 35.1 Å². The minimum atomic E-state index is -1.23. The number of ether oxygens (including phenoxy) is 1. The van der Waals surface area contributed by atoms with E-state index in [1.165, 1.54) is 6.07 Å². The van der Waals surface area contributed by atoms with E-state index in [4.69, 9.17) is 4.74 Å². The molecule has 116 valence electrons. The van der Waals surface area contributed by atoms with Crippen molar-refractivity contribution in [3.63, 3.8) is 0 Å². The fraction of sp³-hybridized carbons (Fsp3) is 0.312. The summed E-state index contributed by atoms with van der Waals surface area (Å²) in [6.45, 7) is 4.27. The van der Waals surface area contributed by atoms with Crippen molar-refractivity contribution in [1.82, 2.24) is 9.78 Å². The predicted molar refractivity (Wildman–Crippen MR) is 81.9 cm³/mol. The predicted octanol–water partition coefficient (Wildman–Crippen LogP) is 2.42. The third-order valence-electron chi connectivity index (χ3n) is 3.13. The molecule has 0 atom stereocenters. The van der Waals surface area contributed by atoms with Crippen molar-refractivity contribution >= 4 is 5.97 Å². The van der Waals surface area contributed by atoms with Gasteiger partial charge >= 0.3 is 5.97 Å². The standard InChI is InChI=1S/C16H18N2O4/c1-3-4-9-22-13-10-14(19)18(17-15(13)16(20)21)12-7-5-11(2)6-8-12/h5-8,10H,3-4,9H2,1-2H3,(H,20,21). The van der Waals surface area contributed by atoms with Crippen molar-refractivity contribution in [2.75, 3.05) is 6.61 Å². The van der Waals surface area contributed by atoms with E-state index in [0.717, 1.165) is 23.1 Å². The summed E-state index contributed by atoms with van der Waals surface area (Å²) in [7, 11) is 0. The molecule has 0 aliphatic rings. The Labute approximate surface area is 128 Å². The summed E-state index contributed by atoms with van der Waals surface area (Å²) in [5, 5.41) is 13.2. The summed E-state index contributed by atoms with van der Waals surface area (Å²) in [6.07, 6.45) is 1.69. The molecule has 1 N–H and O–H groups in total. The molecule has 0 saturated carbocycles. The first kappa shape index (κ1) is 15.8. The normalized spacial score (nSPS) is 10.5. The Morgan fingerprint density at radius 1 is 1.32 bits per heavy atom. The Morgan fingerprint density at radius 3 is 2.59 bits per heavy atom. The lowest BCUT2D eigenvalue weighted by atomic mass is 10.2. The summed E-state index contributed by atoms with van der Waals surface area (Å²) >= 11 is 0. The summed E-state index contributed by atoms with van der Waals surface area (Å²) in [5.41, 5.74) is 0.851. The SMILES string of the molecule is CCCCOc1cc(=O)n(-c2ccc(C)cc2)nc1C(=O)O. The number of hydrogen-bond acceptors (Lipinski definition) is 4. The first-order valence-corrected chi connectivity index (χ1v) is 7.10. The summed E-state index contributed by atoms with van der Waals surface area (Å²) < 4.78 is 6.44. The van der Waals surface area contributed by atoms with Gasteiger partial charge in [0.25, 0.3) is 5.56 Å². The van der Waals surface area contributed by atoms with Gasteiger partial charge in [-0.15, -0.1) is 0 Å². The van der Waals surface area contributed by atoms with Gasteiger partial charge in [0.15, 0.2) is 5.75 Å². The molecule has 22 heavy (non-hydrogen) atoms. The number of rotatable bonds is 6. The molecule has 6 heteroatoms. The van der Waals surface area contributed by atoms with Crippen LogP contribution in [0.5, 0.6) is 5.75 Å². The molecule has 0 amide bonds. The molecule has 0 aliphatic carbocycles. The number of carboxylic acid groups (broad SMARTS) is 1. The number of aryl methyl sites for hydroxylation is 1. The van der Waals surface area contributed by atoms with Crippen molar-refractivity contribution < 1.29 is 14.6 Å². The molecule has 2 rings (SSSR count). The molecule has 0 spiro atoms. The van der Waals surface area contributed by atoms with E-state index in [1.54, 1.807) is 12.1 Å². The van der Waals surface area contributed by atoms with Crippen molar-refractivity contribution in [2.45, 2.75) is 26.7 Å². The van der Waals surface area contributed by atoms with Crippen LogP contribution in [0.4, 0.5) is 0 Å². The van der Waals surface area contributed by atoms with Crippen LogP contribution in [0.3, 0.4) is 0 Å². The number of aromatic nitrogens is 2. The van der Waals surface area contributed by atoms with Crippen LogP contribution >= 0.6 is 0 Å². The highest BCUT2D eigenvalue weighted by Crippen LogP contribution is 2.15. The smallest absolute Gasteiger partial charge is 0.360 e. The van der Waals surface area contributed by atoms with Gasteiger partial charge in [0.2, 0.25) is 5.69 Å². The van der Waals surface area contributed by atoms with Gasteiger partial charge in [-0.25, -0.2) is 4.79 Å². The number of benzene rings is 1. The fourth-order valence-corrected chi connectivity index (χ4v) is 1.90. The van der Waals surface area contributed by atoms with Crippen molar-refractivity contribution in [3.05, 3.63) is 51.9 Å². The maximum Gasteiger partial charge on any atom is 0.360 e. The number of unbranched alkanes of at least 4 members (excludes halogenated alkanes) is 1.